The molecule has 10 nitrogen and oxygen atoms in total. The minimum atomic E-state index is -0.834. The molecular weight excluding hydrogens is 331 g/mol. The number of azo groups is 1. The van der Waals surface area contributed by atoms with Crippen LogP contribution in [0.5, 0.6) is 0 Å². The van der Waals surface area contributed by atoms with E-state index in [-0.39, 0.29) is 48.2 Å². The van der Waals surface area contributed by atoms with Crippen LogP contribution in [-0.2, 0) is 0 Å². The van der Waals surface area contributed by atoms with Gasteiger partial charge in [0.1, 0.15) is 23.3 Å². The van der Waals surface area contributed by atoms with E-state index in [0.29, 0.717) is 0 Å². The lowest BCUT2D eigenvalue weighted by molar-refractivity contribution is 0.569. The van der Waals surface area contributed by atoms with Crippen LogP contribution in [0, 0.1) is 33.5 Å². The molecule has 0 radical (unpaired) electrons. The fraction of sp³-hybridized carbons (Fsp3) is 0.600. The molecule has 0 amide bonds. The summed E-state index contributed by atoms with van der Waals surface area (Å²) in [6.07, 6.45) is 0. The van der Waals surface area contributed by atoms with E-state index in [2.05, 4.69) is 10.2 Å². The van der Waals surface area contributed by atoms with Gasteiger partial charge in [-0.2, -0.15) is 10.2 Å². The first-order valence-electron chi connectivity index (χ1n) is 5.85. The molecule has 0 aliphatic rings. The highest BCUT2D eigenvalue weighted by Gasteiger charge is 2.26. The molecule has 12 N–H and O–H groups in total. The Bertz CT molecular complexity index is 381. The zero-order chi connectivity index (χ0) is 16.0. The lowest BCUT2D eigenvalue weighted by atomic mass is 9.99. The Morgan fingerprint density at radius 2 is 0.818 bits per heavy atom. The van der Waals surface area contributed by atoms with Gasteiger partial charge in [0.25, 0.3) is 0 Å². The summed E-state index contributed by atoms with van der Waals surface area (Å²) >= 11 is 0. The van der Waals surface area contributed by atoms with Crippen LogP contribution in [0.3, 0.4) is 0 Å². The Balaban J connectivity index is -0.00000180. The van der Waals surface area contributed by atoms with Crippen LogP contribution in [0.2, 0.25) is 0 Å². The van der Waals surface area contributed by atoms with Crippen LogP contribution in [0.15, 0.2) is 10.2 Å². The van der Waals surface area contributed by atoms with E-state index in [1.165, 1.54) is 0 Å². The molecule has 0 bridgehead atoms. The summed E-state index contributed by atoms with van der Waals surface area (Å²) in [5.41, 5.74) is 21.4. The zero-order valence-corrected chi connectivity index (χ0v) is 14.0. The van der Waals surface area contributed by atoms with E-state index in [1.807, 2.05) is 0 Å². The summed E-state index contributed by atoms with van der Waals surface area (Å²) in [7, 11) is 0. The van der Waals surface area contributed by atoms with Gasteiger partial charge in [-0.15, -0.1) is 24.8 Å². The van der Waals surface area contributed by atoms with Crippen LogP contribution in [0.1, 0.15) is 13.8 Å². The Labute approximate surface area is 141 Å². The minimum Gasteiger partial charge on any atom is -0.387 e. The van der Waals surface area contributed by atoms with Crippen LogP contribution in [0.25, 0.3) is 0 Å². The van der Waals surface area contributed by atoms with Gasteiger partial charge in [-0.05, 0) is 13.8 Å². The first-order valence-corrected chi connectivity index (χ1v) is 5.85. The van der Waals surface area contributed by atoms with Crippen molar-refractivity contribution >= 4 is 48.2 Å². The number of amidine groups is 4. The Kier molecular flexibility index (Phi) is 12.2. The number of nitrogens with zero attached hydrogens (tertiary/aromatic N) is 2. The number of hydrogen-bond acceptors (Lipinski definition) is 6. The highest BCUT2D eigenvalue weighted by molar-refractivity contribution is 6.02. The van der Waals surface area contributed by atoms with Crippen LogP contribution in [-0.4, -0.2) is 35.4 Å². The Morgan fingerprint density at radius 1 is 0.636 bits per heavy atom. The van der Waals surface area contributed by atoms with Gasteiger partial charge in [0.2, 0.25) is 0 Å². The Hall–Kier alpha value is -1.94. The van der Waals surface area contributed by atoms with Gasteiger partial charge in [-0.25, -0.2) is 0 Å². The van der Waals surface area contributed by atoms with Gasteiger partial charge in [0.15, 0.2) is 0 Å². The molecule has 128 valence electrons. The molecule has 0 fully saturated rings. The fourth-order valence-corrected chi connectivity index (χ4v) is 1.72. The van der Waals surface area contributed by atoms with Crippen LogP contribution >= 0.6 is 24.8 Å². The van der Waals surface area contributed by atoms with Crippen LogP contribution < -0.4 is 22.9 Å². The summed E-state index contributed by atoms with van der Waals surface area (Å²) < 4.78 is 0. The number of rotatable bonds is 8. The van der Waals surface area contributed by atoms with Crippen molar-refractivity contribution in [1.29, 1.82) is 21.6 Å². The van der Waals surface area contributed by atoms with Gasteiger partial charge in [0.05, 0.1) is 23.9 Å². The molecule has 0 saturated heterocycles. The normalized spacial score (nSPS) is 15.5. The molecule has 0 aromatic rings. The van der Waals surface area contributed by atoms with E-state index in [1.54, 1.807) is 13.8 Å². The highest BCUT2D eigenvalue weighted by Crippen LogP contribution is 2.12. The maximum absolute atomic E-state index is 7.37. The molecule has 0 saturated carbocycles. The summed E-state index contributed by atoms with van der Waals surface area (Å²) in [6, 6.07) is -1.21. The van der Waals surface area contributed by atoms with Crippen molar-refractivity contribution in [3.63, 3.8) is 0 Å². The topological polar surface area (TPSA) is 224 Å². The highest BCUT2D eigenvalue weighted by atomic mass is 35.5. The molecular formula is C10H24Cl2N10. The molecule has 0 aromatic heterocycles. The van der Waals surface area contributed by atoms with E-state index < -0.39 is 23.9 Å². The lowest BCUT2D eigenvalue weighted by Gasteiger charge is -2.20. The number of halogens is 2. The van der Waals surface area contributed by atoms with Gasteiger partial charge in [-0.1, -0.05) is 0 Å². The maximum Gasteiger partial charge on any atom is 0.104 e. The third-order valence-corrected chi connectivity index (χ3v) is 2.74. The molecule has 0 aromatic carbocycles. The SMILES string of the molecule is CC(N=NC(C)C(C(=N)N)C(=N)N)C(C(=N)N)C(=N)N.Cl.Cl. The molecule has 0 heterocycles. The predicted octanol–water partition coefficient (Wildman–Crippen LogP) is 0.0355. The average Bonchev–Trinajstić information content (AvgIpc) is 2.23. The molecule has 0 aliphatic carbocycles. The molecule has 12 heteroatoms. The summed E-state index contributed by atoms with van der Waals surface area (Å²) in [6.45, 7) is 3.22. The summed E-state index contributed by atoms with van der Waals surface area (Å²) in [5, 5.41) is 37.3. The van der Waals surface area contributed by atoms with E-state index in [4.69, 9.17) is 44.6 Å². The van der Waals surface area contributed by atoms with Crippen molar-refractivity contribution in [2.24, 2.45) is 45.0 Å². The molecule has 22 heavy (non-hydrogen) atoms. The van der Waals surface area contributed by atoms with Crippen molar-refractivity contribution in [2.45, 2.75) is 25.9 Å². The zero-order valence-electron chi connectivity index (χ0n) is 12.3. The van der Waals surface area contributed by atoms with E-state index in [9.17, 15) is 0 Å². The van der Waals surface area contributed by atoms with Crippen molar-refractivity contribution in [2.75, 3.05) is 0 Å². The second-order valence-corrected chi connectivity index (χ2v) is 4.49. The molecule has 0 spiro atoms. The fourth-order valence-electron chi connectivity index (χ4n) is 1.72. The van der Waals surface area contributed by atoms with Gasteiger partial charge in [-0.3, -0.25) is 21.6 Å². The van der Waals surface area contributed by atoms with E-state index >= 15 is 0 Å². The second kappa shape index (κ2) is 10.7. The van der Waals surface area contributed by atoms with Crippen molar-refractivity contribution in [3.05, 3.63) is 0 Å². The molecule has 2 atom stereocenters. The smallest absolute Gasteiger partial charge is 0.104 e. The number of hydrogen-bond donors (Lipinski definition) is 8. The lowest BCUT2D eigenvalue weighted by Crippen LogP contribution is -2.41. The average molecular weight is 355 g/mol. The molecule has 2 unspecified atom stereocenters. The number of nitrogens with two attached hydrogens (primary N) is 4. The van der Waals surface area contributed by atoms with Crippen molar-refractivity contribution < 1.29 is 0 Å². The van der Waals surface area contributed by atoms with Crippen LogP contribution in [0.4, 0.5) is 0 Å². The second-order valence-electron chi connectivity index (χ2n) is 4.49. The maximum atomic E-state index is 7.37. The number of nitrogens with one attached hydrogen (secondary N) is 4. The van der Waals surface area contributed by atoms with Crippen molar-refractivity contribution in [1.82, 2.24) is 0 Å². The largest absolute Gasteiger partial charge is 0.387 e. The van der Waals surface area contributed by atoms with Crippen molar-refractivity contribution in [3.8, 4) is 0 Å². The monoisotopic (exact) mass is 354 g/mol. The minimum absolute atomic E-state index is 0. The third-order valence-electron chi connectivity index (χ3n) is 2.74. The quantitative estimate of drug-likeness (QED) is 0.171. The summed E-state index contributed by atoms with van der Waals surface area (Å²) in [4.78, 5) is 0. The first-order chi connectivity index (χ1) is 9.09. The summed E-state index contributed by atoms with van der Waals surface area (Å²) in [5.74, 6) is -2.76. The third kappa shape index (κ3) is 7.18. The standard InChI is InChI=1S/C10H22N10.2ClH/c1-3(5(7(11)12)8(13)14)19-20-4(2)6(9(15)16)10(17)18;;/h3-6H,1-2H3,(H3,11,12)(H3,13,14)(H3,15,16)(H3,17,18);2*1H. The Morgan fingerprint density at radius 3 is 0.955 bits per heavy atom. The first kappa shape index (κ1) is 25.0. The van der Waals surface area contributed by atoms with Gasteiger partial charge < -0.3 is 22.9 Å². The molecule has 0 rings (SSSR count). The van der Waals surface area contributed by atoms with Gasteiger partial charge >= 0.3 is 0 Å². The predicted molar refractivity (Wildman–Crippen MR) is 92.9 cm³/mol. The van der Waals surface area contributed by atoms with Gasteiger partial charge in [0, 0.05) is 0 Å². The van der Waals surface area contributed by atoms with E-state index in [0.717, 1.165) is 0 Å². The molecule has 0 aliphatic heterocycles.